The number of anilines is 1. The van der Waals surface area contributed by atoms with Gasteiger partial charge in [-0.25, -0.2) is 0 Å². The van der Waals surface area contributed by atoms with Crippen LogP contribution in [0.3, 0.4) is 0 Å². The monoisotopic (exact) mass is 217 g/mol. The molecule has 0 saturated heterocycles. The summed E-state index contributed by atoms with van der Waals surface area (Å²) in [5, 5.41) is 0. The average Bonchev–Trinajstić information content (AvgIpc) is 2.25. The highest BCUT2D eigenvalue weighted by molar-refractivity contribution is 5.99. The van der Waals surface area contributed by atoms with Gasteiger partial charge in [0.15, 0.2) is 5.78 Å². The Morgan fingerprint density at radius 3 is 2.75 bits per heavy atom. The molecule has 0 aromatic heterocycles. The summed E-state index contributed by atoms with van der Waals surface area (Å²) in [5.74, 6) is 0.206. The van der Waals surface area contributed by atoms with Crippen LogP contribution in [0.25, 0.3) is 0 Å². The number of hydrogen-bond donors (Lipinski definition) is 0. The van der Waals surface area contributed by atoms with E-state index in [2.05, 4.69) is 0 Å². The third-order valence-corrected chi connectivity index (χ3v) is 3.13. The Hall–Kier alpha value is -1.64. The minimum absolute atomic E-state index is 0.000270. The van der Waals surface area contributed by atoms with E-state index in [1.807, 2.05) is 19.1 Å². The van der Waals surface area contributed by atoms with Crippen LogP contribution in [0.5, 0.6) is 0 Å². The van der Waals surface area contributed by atoms with E-state index in [0.717, 1.165) is 17.7 Å². The Labute approximate surface area is 95.1 Å². The summed E-state index contributed by atoms with van der Waals surface area (Å²) in [7, 11) is 1.78. The lowest BCUT2D eigenvalue weighted by atomic mass is 9.92. The molecule has 0 bridgehead atoms. The summed E-state index contributed by atoms with van der Waals surface area (Å²) < 4.78 is 0. The molecule has 1 atom stereocenters. The van der Waals surface area contributed by atoms with Gasteiger partial charge in [-0.15, -0.1) is 0 Å². The van der Waals surface area contributed by atoms with Crippen LogP contribution < -0.4 is 4.90 Å². The van der Waals surface area contributed by atoms with E-state index in [-0.39, 0.29) is 17.6 Å². The van der Waals surface area contributed by atoms with Gasteiger partial charge in [0.25, 0.3) is 0 Å². The molecule has 1 heterocycles. The number of ketones is 1. The van der Waals surface area contributed by atoms with Gasteiger partial charge in [0.1, 0.15) is 0 Å². The average molecular weight is 217 g/mol. The molecule has 1 aromatic carbocycles. The minimum Gasteiger partial charge on any atom is -0.315 e. The van der Waals surface area contributed by atoms with Gasteiger partial charge in [-0.1, -0.05) is 6.92 Å². The Bertz CT molecular complexity index is 465. The van der Waals surface area contributed by atoms with Gasteiger partial charge >= 0.3 is 0 Å². The van der Waals surface area contributed by atoms with Crippen molar-refractivity contribution in [1.29, 1.82) is 0 Å². The van der Waals surface area contributed by atoms with Crippen molar-refractivity contribution < 1.29 is 9.59 Å². The smallest absolute Gasteiger partial charge is 0.229 e. The molecule has 1 aliphatic heterocycles. The minimum atomic E-state index is -0.000270. The third kappa shape index (κ3) is 1.62. The standard InChI is InChI=1S/C13H15NO2/c1-8-6-11-7-10(9(2)15)4-5-12(11)14(3)13(8)16/h4-5,7-8H,6H2,1-3H3/t8-/m1/s1. The number of amides is 1. The molecule has 84 valence electrons. The van der Waals surface area contributed by atoms with Gasteiger partial charge in [0, 0.05) is 24.2 Å². The van der Waals surface area contributed by atoms with Gasteiger partial charge < -0.3 is 4.90 Å². The molecular weight excluding hydrogens is 202 g/mol. The zero-order valence-corrected chi connectivity index (χ0v) is 9.78. The Kier molecular flexibility index (Phi) is 2.54. The molecule has 0 aliphatic carbocycles. The number of rotatable bonds is 1. The van der Waals surface area contributed by atoms with Crippen molar-refractivity contribution in [3.05, 3.63) is 29.3 Å². The normalized spacial score (nSPS) is 19.6. The topological polar surface area (TPSA) is 37.4 Å². The van der Waals surface area contributed by atoms with Gasteiger partial charge in [0.2, 0.25) is 5.91 Å². The van der Waals surface area contributed by atoms with Crippen LogP contribution in [0.15, 0.2) is 18.2 Å². The van der Waals surface area contributed by atoms with Gasteiger partial charge in [-0.2, -0.15) is 0 Å². The van der Waals surface area contributed by atoms with Gasteiger partial charge in [-0.05, 0) is 37.1 Å². The van der Waals surface area contributed by atoms with Crippen LogP contribution in [0.2, 0.25) is 0 Å². The highest BCUT2D eigenvalue weighted by Crippen LogP contribution is 2.30. The fourth-order valence-corrected chi connectivity index (χ4v) is 2.16. The van der Waals surface area contributed by atoms with Crippen molar-refractivity contribution in [1.82, 2.24) is 0 Å². The van der Waals surface area contributed by atoms with Crippen molar-refractivity contribution >= 4 is 17.4 Å². The van der Waals surface area contributed by atoms with Crippen LogP contribution in [-0.2, 0) is 11.2 Å². The number of nitrogens with zero attached hydrogens (tertiary/aromatic N) is 1. The molecule has 3 nitrogen and oxygen atoms in total. The zero-order chi connectivity index (χ0) is 11.9. The summed E-state index contributed by atoms with van der Waals surface area (Å²) in [6.07, 6.45) is 0.722. The van der Waals surface area contributed by atoms with E-state index in [1.54, 1.807) is 24.9 Å². The molecule has 1 aromatic rings. The third-order valence-electron chi connectivity index (χ3n) is 3.13. The van der Waals surface area contributed by atoms with E-state index >= 15 is 0 Å². The molecule has 3 heteroatoms. The largest absolute Gasteiger partial charge is 0.315 e. The van der Waals surface area contributed by atoms with Crippen molar-refractivity contribution in [2.45, 2.75) is 20.3 Å². The Balaban J connectivity index is 2.49. The number of fused-ring (bicyclic) bond motifs is 1. The first-order valence-electron chi connectivity index (χ1n) is 5.42. The summed E-state index contributed by atoms with van der Waals surface area (Å²) in [6.45, 7) is 3.48. The van der Waals surface area contributed by atoms with E-state index < -0.39 is 0 Å². The summed E-state index contributed by atoms with van der Waals surface area (Å²) >= 11 is 0. The van der Waals surface area contributed by atoms with Crippen LogP contribution in [0.1, 0.15) is 29.8 Å². The van der Waals surface area contributed by atoms with Crippen LogP contribution >= 0.6 is 0 Å². The molecule has 1 amide bonds. The molecule has 0 unspecified atom stereocenters. The molecule has 0 radical (unpaired) electrons. The number of carbonyl (C=O) groups is 2. The maximum absolute atomic E-state index is 11.8. The lowest BCUT2D eigenvalue weighted by Crippen LogP contribution is -2.37. The molecule has 16 heavy (non-hydrogen) atoms. The first-order chi connectivity index (χ1) is 7.50. The molecule has 0 fully saturated rings. The van der Waals surface area contributed by atoms with Crippen LogP contribution in [-0.4, -0.2) is 18.7 Å². The number of hydrogen-bond acceptors (Lipinski definition) is 2. The SMILES string of the molecule is CC(=O)c1ccc2c(c1)C[C@@H](C)C(=O)N2C. The van der Waals surface area contributed by atoms with E-state index in [9.17, 15) is 9.59 Å². The van der Waals surface area contributed by atoms with Gasteiger partial charge in [-0.3, -0.25) is 9.59 Å². The molecule has 0 N–H and O–H groups in total. The predicted octanol–water partition coefficient (Wildman–Crippen LogP) is 2.04. The Morgan fingerprint density at radius 1 is 1.44 bits per heavy atom. The number of benzene rings is 1. The maximum atomic E-state index is 11.8. The lowest BCUT2D eigenvalue weighted by Gasteiger charge is -2.30. The second kappa shape index (κ2) is 3.74. The van der Waals surface area contributed by atoms with Crippen molar-refractivity contribution in [2.75, 3.05) is 11.9 Å². The molecule has 0 spiro atoms. The van der Waals surface area contributed by atoms with Crippen molar-refractivity contribution in [3.8, 4) is 0 Å². The molecular formula is C13H15NO2. The number of Topliss-reactive ketones (excluding diaryl/α,β-unsaturated/α-hetero) is 1. The quantitative estimate of drug-likeness (QED) is 0.675. The maximum Gasteiger partial charge on any atom is 0.229 e. The van der Waals surface area contributed by atoms with Crippen molar-refractivity contribution in [2.24, 2.45) is 5.92 Å². The van der Waals surface area contributed by atoms with Gasteiger partial charge in [0.05, 0.1) is 0 Å². The molecule has 2 rings (SSSR count). The van der Waals surface area contributed by atoms with Crippen molar-refractivity contribution in [3.63, 3.8) is 0 Å². The predicted molar refractivity (Wildman–Crippen MR) is 62.7 cm³/mol. The van der Waals surface area contributed by atoms with E-state index in [4.69, 9.17) is 0 Å². The lowest BCUT2D eigenvalue weighted by molar-refractivity contribution is -0.121. The summed E-state index contributed by atoms with van der Waals surface area (Å²) in [5.41, 5.74) is 2.73. The Morgan fingerprint density at radius 2 is 2.12 bits per heavy atom. The first-order valence-corrected chi connectivity index (χ1v) is 5.42. The van der Waals surface area contributed by atoms with Crippen LogP contribution in [0, 0.1) is 5.92 Å². The summed E-state index contributed by atoms with van der Waals surface area (Å²) in [4.78, 5) is 24.7. The fraction of sp³-hybridized carbons (Fsp3) is 0.385. The highest BCUT2D eigenvalue weighted by atomic mass is 16.2. The fourth-order valence-electron chi connectivity index (χ4n) is 2.16. The number of carbonyl (C=O) groups excluding carboxylic acids is 2. The zero-order valence-electron chi connectivity index (χ0n) is 9.78. The second-order valence-corrected chi connectivity index (χ2v) is 4.40. The summed E-state index contributed by atoms with van der Waals surface area (Å²) in [6, 6.07) is 5.54. The van der Waals surface area contributed by atoms with Crippen LogP contribution in [0.4, 0.5) is 5.69 Å². The molecule has 1 aliphatic rings. The van der Waals surface area contributed by atoms with E-state index in [0.29, 0.717) is 5.56 Å². The first kappa shape index (κ1) is 10.9. The molecule has 0 saturated carbocycles. The second-order valence-electron chi connectivity index (χ2n) is 4.40. The van der Waals surface area contributed by atoms with E-state index in [1.165, 1.54) is 0 Å². The highest BCUT2D eigenvalue weighted by Gasteiger charge is 2.27.